The summed E-state index contributed by atoms with van der Waals surface area (Å²) in [6.07, 6.45) is 0.0597. The first-order valence-corrected chi connectivity index (χ1v) is 6.49. The highest BCUT2D eigenvalue weighted by atomic mass is 16.6. The standard InChI is InChI=1S/C8H10O2.C5H14N6/c1-7(9)10-8-5-3-2-4-6-8;6-2-1-3-10-5(9)11-4(7)8/h2-7,9H,1H3;1-3,6H2,(H6,7,8,9,10,11). The summed E-state index contributed by atoms with van der Waals surface area (Å²) in [4.78, 5) is 0. The van der Waals surface area contributed by atoms with Crippen molar-refractivity contribution in [3.8, 4) is 5.75 Å². The smallest absolute Gasteiger partial charge is 0.195 e. The second kappa shape index (κ2) is 11.5. The van der Waals surface area contributed by atoms with Gasteiger partial charge in [0, 0.05) is 6.54 Å². The molecule has 0 spiro atoms. The zero-order valence-electron chi connectivity index (χ0n) is 12.1. The molecule has 0 radical (unpaired) electrons. The second-order valence-electron chi connectivity index (χ2n) is 4.01. The largest absolute Gasteiger partial charge is 0.465 e. The van der Waals surface area contributed by atoms with E-state index in [2.05, 4.69) is 10.6 Å². The predicted octanol–water partition coefficient (Wildman–Crippen LogP) is -0.254. The molecule has 8 nitrogen and oxygen atoms in total. The Morgan fingerprint density at radius 3 is 2.43 bits per heavy atom. The zero-order valence-corrected chi connectivity index (χ0v) is 12.1. The van der Waals surface area contributed by atoms with Crippen LogP contribution in [0, 0.1) is 10.8 Å². The normalized spacial score (nSPS) is 10.6. The molecule has 0 bridgehead atoms. The van der Waals surface area contributed by atoms with E-state index in [9.17, 15) is 0 Å². The summed E-state index contributed by atoms with van der Waals surface area (Å²) < 4.78 is 4.97. The molecule has 0 aliphatic heterocycles. The van der Waals surface area contributed by atoms with Crippen LogP contribution in [0.25, 0.3) is 0 Å². The molecule has 1 unspecified atom stereocenters. The minimum atomic E-state index is -0.734. The highest BCUT2D eigenvalue weighted by Crippen LogP contribution is 2.09. The maximum Gasteiger partial charge on any atom is 0.195 e. The van der Waals surface area contributed by atoms with Gasteiger partial charge in [0.2, 0.25) is 0 Å². The van der Waals surface area contributed by atoms with E-state index in [4.69, 9.17) is 32.1 Å². The number of hydrogen-bond acceptors (Lipinski definition) is 5. The molecule has 0 saturated carbocycles. The van der Waals surface area contributed by atoms with Crippen molar-refractivity contribution >= 4 is 11.9 Å². The van der Waals surface area contributed by atoms with Crippen LogP contribution in [0.15, 0.2) is 30.3 Å². The van der Waals surface area contributed by atoms with Crippen molar-refractivity contribution in [3.63, 3.8) is 0 Å². The van der Waals surface area contributed by atoms with Gasteiger partial charge in [0.05, 0.1) is 0 Å². The fourth-order valence-corrected chi connectivity index (χ4v) is 1.19. The van der Waals surface area contributed by atoms with E-state index in [1.807, 2.05) is 18.2 Å². The number of hydrogen-bond donors (Lipinski definition) is 7. The maximum atomic E-state index is 8.78. The van der Waals surface area contributed by atoms with Crippen LogP contribution in [0.5, 0.6) is 5.75 Å². The molecule has 0 heterocycles. The molecule has 1 aromatic carbocycles. The molecular formula is C13H24N6O2. The Morgan fingerprint density at radius 1 is 1.33 bits per heavy atom. The van der Waals surface area contributed by atoms with Gasteiger partial charge in [-0.15, -0.1) is 0 Å². The average molecular weight is 296 g/mol. The predicted molar refractivity (Wildman–Crippen MR) is 83.2 cm³/mol. The molecule has 8 heteroatoms. The molecule has 1 aromatic rings. The Kier molecular flexibility index (Phi) is 10.2. The third kappa shape index (κ3) is 12.5. The van der Waals surface area contributed by atoms with Crippen LogP contribution in [0.2, 0.25) is 0 Å². The lowest BCUT2D eigenvalue weighted by Crippen LogP contribution is -2.43. The van der Waals surface area contributed by atoms with Crippen LogP contribution in [-0.4, -0.2) is 36.4 Å². The lowest BCUT2D eigenvalue weighted by Gasteiger charge is -2.06. The third-order valence-corrected chi connectivity index (χ3v) is 1.99. The van der Waals surface area contributed by atoms with Gasteiger partial charge in [-0.25, -0.2) is 0 Å². The number of ether oxygens (including phenoxy) is 1. The SMILES string of the molecule is CC(O)Oc1ccccc1.N=C(N)NC(=N)NCCCN. The van der Waals surface area contributed by atoms with E-state index in [1.54, 1.807) is 19.1 Å². The lowest BCUT2D eigenvalue weighted by molar-refractivity contribution is -0.000288. The number of guanidine groups is 2. The van der Waals surface area contributed by atoms with Crippen molar-refractivity contribution in [3.05, 3.63) is 30.3 Å². The van der Waals surface area contributed by atoms with Crippen molar-refractivity contribution in [1.29, 1.82) is 10.8 Å². The molecule has 0 amide bonds. The van der Waals surface area contributed by atoms with Gasteiger partial charge in [-0.2, -0.15) is 0 Å². The monoisotopic (exact) mass is 296 g/mol. The number of aliphatic hydroxyl groups excluding tert-OH is 1. The number of para-hydroxylation sites is 1. The summed E-state index contributed by atoms with van der Waals surface area (Å²) in [7, 11) is 0. The molecule has 0 aromatic heterocycles. The quantitative estimate of drug-likeness (QED) is 0.172. The van der Waals surface area contributed by atoms with Gasteiger partial charge in [0.25, 0.3) is 0 Å². The van der Waals surface area contributed by atoms with E-state index < -0.39 is 6.29 Å². The highest BCUT2D eigenvalue weighted by Gasteiger charge is 1.94. The van der Waals surface area contributed by atoms with E-state index in [0.29, 0.717) is 18.8 Å². The number of rotatable bonds is 5. The van der Waals surface area contributed by atoms with Crippen LogP contribution >= 0.6 is 0 Å². The summed E-state index contributed by atoms with van der Waals surface area (Å²) in [6, 6.07) is 9.21. The Hall–Kier alpha value is -2.32. The Morgan fingerprint density at radius 2 is 1.95 bits per heavy atom. The fourth-order valence-electron chi connectivity index (χ4n) is 1.19. The molecule has 118 valence electrons. The number of aliphatic hydroxyl groups is 1. The number of nitrogens with two attached hydrogens (primary N) is 2. The van der Waals surface area contributed by atoms with Crippen molar-refractivity contribution in [2.45, 2.75) is 19.6 Å². The molecular weight excluding hydrogens is 272 g/mol. The van der Waals surface area contributed by atoms with Crippen LogP contribution in [-0.2, 0) is 0 Å². The summed E-state index contributed by atoms with van der Waals surface area (Å²) >= 11 is 0. The summed E-state index contributed by atoms with van der Waals surface area (Å²) in [6.45, 7) is 2.78. The summed E-state index contributed by atoms with van der Waals surface area (Å²) in [5.41, 5.74) is 10.2. The van der Waals surface area contributed by atoms with Crippen LogP contribution in [0.3, 0.4) is 0 Å². The molecule has 21 heavy (non-hydrogen) atoms. The van der Waals surface area contributed by atoms with Gasteiger partial charge < -0.3 is 26.6 Å². The maximum absolute atomic E-state index is 8.78. The minimum Gasteiger partial charge on any atom is -0.465 e. The van der Waals surface area contributed by atoms with E-state index in [1.165, 1.54) is 0 Å². The molecule has 1 atom stereocenters. The Labute approximate surface area is 124 Å². The van der Waals surface area contributed by atoms with Crippen molar-refractivity contribution < 1.29 is 9.84 Å². The topological polar surface area (TPSA) is 153 Å². The molecule has 0 aliphatic carbocycles. The molecule has 9 N–H and O–H groups in total. The fraction of sp³-hybridized carbons (Fsp3) is 0.385. The van der Waals surface area contributed by atoms with E-state index >= 15 is 0 Å². The zero-order chi connectivity index (χ0) is 16.1. The Bertz CT molecular complexity index is 410. The molecule has 0 fully saturated rings. The van der Waals surface area contributed by atoms with Crippen molar-refractivity contribution in [2.24, 2.45) is 11.5 Å². The first kappa shape index (κ1) is 18.7. The minimum absolute atomic E-state index is 0.0333. The average Bonchev–Trinajstić information content (AvgIpc) is 2.39. The molecule has 0 aliphatic rings. The second-order valence-corrected chi connectivity index (χ2v) is 4.01. The summed E-state index contributed by atoms with van der Waals surface area (Å²) in [5.74, 6) is 0.485. The number of benzene rings is 1. The molecule has 1 rings (SSSR count). The molecule has 0 saturated heterocycles. The van der Waals surface area contributed by atoms with Crippen molar-refractivity contribution in [1.82, 2.24) is 10.6 Å². The van der Waals surface area contributed by atoms with E-state index in [0.717, 1.165) is 6.42 Å². The van der Waals surface area contributed by atoms with Crippen LogP contribution in [0.4, 0.5) is 0 Å². The summed E-state index contributed by atoms with van der Waals surface area (Å²) in [5, 5.41) is 27.6. The van der Waals surface area contributed by atoms with E-state index in [-0.39, 0.29) is 11.9 Å². The highest BCUT2D eigenvalue weighted by molar-refractivity contribution is 5.94. The van der Waals surface area contributed by atoms with Gasteiger partial charge in [-0.05, 0) is 32.0 Å². The van der Waals surface area contributed by atoms with Gasteiger partial charge in [0.15, 0.2) is 18.2 Å². The number of nitrogens with one attached hydrogen (secondary N) is 4. The third-order valence-electron chi connectivity index (χ3n) is 1.99. The first-order chi connectivity index (χ1) is 9.95. The lowest BCUT2D eigenvalue weighted by atomic mass is 10.3. The van der Waals surface area contributed by atoms with Gasteiger partial charge in [-0.1, -0.05) is 18.2 Å². The van der Waals surface area contributed by atoms with Crippen molar-refractivity contribution in [2.75, 3.05) is 13.1 Å². The van der Waals surface area contributed by atoms with Gasteiger partial charge in [0.1, 0.15) is 5.75 Å². The van der Waals surface area contributed by atoms with Crippen LogP contribution in [0.1, 0.15) is 13.3 Å². The first-order valence-electron chi connectivity index (χ1n) is 6.49. The Balaban J connectivity index is 0.000000382. The van der Waals surface area contributed by atoms with Gasteiger partial charge in [-0.3, -0.25) is 16.1 Å². The van der Waals surface area contributed by atoms with Crippen LogP contribution < -0.4 is 26.8 Å². The van der Waals surface area contributed by atoms with Gasteiger partial charge >= 0.3 is 0 Å².